The number of imidazole rings is 1. The van der Waals surface area contributed by atoms with Crippen LogP contribution in [0.2, 0.25) is 19.6 Å². The lowest BCUT2D eigenvalue weighted by atomic mass is 10.1. The molecule has 0 aliphatic carbocycles. The molecule has 0 saturated carbocycles. The van der Waals surface area contributed by atoms with E-state index in [1.165, 1.54) is 10.9 Å². The fraction of sp³-hybridized carbons (Fsp3) is 0.296. The van der Waals surface area contributed by atoms with Gasteiger partial charge in [0.1, 0.15) is 6.61 Å². The van der Waals surface area contributed by atoms with E-state index >= 15 is 0 Å². The maximum Gasteiger partial charge on any atom is 0.191 e. The van der Waals surface area contributed by atoms with Gasteiger partial charge in [-0.2, -0.15) is 0 Å². The fourth-order valence-electron chi connectivity index (χ4n) is 4.80. The first kappa shape index (κ1) is 22.6. The minimum absolute atomic E-state index is 0.591. The molecule has 4 heterocycles. The van der Waals surface area contributed by atoms with Crippen LogP contribution in [-0.4, -0.2) is 59.9 Å². The summed E-state index contributed by atoms with van der Waals surface area (Å²) in [5.41, 5.74) is 4.72. The minimum atomic E-state index is -1.34. The Hall–Kier alpha value is -3.85. The Balaban J connectivity index is 1.33. The van der Waals surface area contributed by atoms with Crippen molar-refractivity contribution in [3.8, 4) is 5.69 Å². The molecular formula is C27H30N6O2Si. The van der Waals surface area contributed by atoms with Gasteiger partial charge in [0.2, 0.25) is 0 Å². The molecule has 36 heavy (non-hydrogen) atoms. The van der Waals surface area contributed by atoms with Crippen LogP contribution in [-0.2, 0) is 4.74 Å². The second-order valence-corrected chi connectivity index (χ2v) is 15.3. The second kappa shape index (κ2) is 8.67. The first-order valence-corrected chi connectivity index (χ1v) is 15.8. The number of rotatable bonds is 4. The molecule has 0 atom stereocenters. The van der Waals surface area contributed by atoms with E-state index < -0.39 is 8.07 Å². The molecule has 0 radical (unpaired) electrons. The largest absolute Gasteiger partial charge is 0.488 e. The Kier molecular flexibility index (Phi) is 5.44. The van der Waals surface area contributed by atoms with Crippen molar-refractivity contribution in [2.75, 3.05) is 31.3 Å². The molecule has 0 amide bonds. The maximum absolute atomic E-state index is 6.14. The summed E-state index contributed by atoms with van der Waals surface area (Å²) in [5, 5.41) is 11.0. The molecule has 0 N–H and O–H groups in total. The van der Waals surface area contributed by atoms with Gasteiger partial charge >= 0.3 is 0 Å². The number of aliphatic imine (C=N–C) groups is 1. The summed E-state index contributed by atoms with van der Waals surface area (Å²) in [7, 11) is -1.34. The molecule has 1 fully saturated rings. The number of morpholine rings is 1. The van der Waals surface area contributed by atoms with Gasteiger partial charge in [0.05, 0.1) is 62.7 Å². The van der Waals surface area contributed by atoms with E-state index in [1.807, 2.05) is 29.8 Å². The van der Waals surface area contributed by atoms with E-state index in [0.29, 0.717) is 18.7 Å². The second-order valence-electron chi connectivity index (χ2n) is 10.3. The summed E-state index contributed by atoms with van der Waals surface area (Å²) in [6, 6.07) is 13.2. The van der Waals surface area contributed by atoms with Gasteiger partial charge in [-0.1, -0.05) is 48.2 Å². The smallest absolute Gasteiger partial charge is 0.191 e. The molecule has 1 saturated heterocycles. The molecule has 0 bridgehead atoms. The van der Waals surface area contributed by atoms with Gasteiger partial charge in [-0.15, -0.1) is 0 Å². The standard InChI is InChI=1S/C27H30N6O2Si/c1-19-17-31(18-29-19)24-10-5-20(23-16-30-35-26(23)24)15-25-27-28-11-12-32(33(27)13-14-34-25)21-6-8-22(9-7-21)36(2,3)4/h5-10,15-18H,11-14H2,1-4H3/b25-15-. The Bertz CT molecular complexity index is 1480. The third-order valence-corrected chi connectivity index (χ3v) is 8.80. The minimum Gasteiger partial charge on any atom is -0.488 e. The number of ether oxygens (including phenoxy) is 1. The van der Waals surface area contributed by atoms with Crippen molar-refractivity contribution in [3.05, 3.63) is 72.1 Å². The number of nitrogens with zero attached hydrogens (tertiary/aromatic N) is 6. The Morgan fingerprint density at radius 3 is 2.58 bits per heavy atom. The monoisotopic (exact) mass is 498 g/mol. The number of amidine groups is 1. The molecule has 0 spiro atoms. The molecule has 2 aromatic carbocycles. The van der Waals surface area contributed by atoms with Crippen molar-refractivity contribution in [2.45, 2.75) is 26.6 Å². The maximum atomic E-state index is 6.14. The predicted molar refractivity (Wildman–Crippen MR) is 146 cm³/mol. The quantitative estimate of drug-likeness (QED) is 0.389. The Morgan fingerprint density at radius 1 is 1.00 bits per heavy atom. The van der Waals surface area contributed by atoms with Crippen molar-refractivity contribution in [1.82, 2.24) is 19.7 Å². The molecule has 8 nitrogen and oxygen atoms in total. The van der Waals surface area contributed by atoms with Crippen molar-refractivity contribution in [3.63, 3.8) is 0 Å². The fourth-order valence-corrected chi connectivity index (χ4v) is 5.97. The van der Waals surface area contributed by atoms with Crippen molar-refractivity contribution >= 4 is 41.8 Å². The van der Waals surface area contributed by atoms with Crippen molar-refractivity contribution in [1.29, 1.82) is 0 Å². The highest BCUT2D eigenvalue weighted by molar-refractivity contribution is 6.88. The molecular weight excluding hydrogens is 468 g/mol. The van der Waals surface area contributed by atoms with Crippen LogP contribution in [0, 0.1) is 6.92 Å². The highest BCUT2D eigenvalue weighted by atomic mass is 28.3. The van der Waals surface area contributed by atoms with Crippen molar-refractivity contribution < 1.29 is 9.26 Å². The summed E-state index contributed by atoms with van der Waals surface area (Å²) in [6.45, 7) is 12.0. The molecule has 2 aliphatic rings. The zero-order valence-corrected chi connectivity index (χ0v) is 22.1. The average Bonchev–Trinajstić information content (AvgIpc) is 3.53. The molecule has 6 rings (SSSR count). The van der Waals surface area contributed by atoms with Crippen molar-refractivity contribution in [2.24, 2.45) is 4.99 Å². The zero-order chi connectivity index (χ0) is 24.9. The van der Waals surface area contributed by atoms with Gasteiger partial charge in [-0.25, -0.2) is 4.98 Å². The van der Waals surface area contributed by atoms with Crippen LogP contribution in [0.25, 0.3) is 22.7 Å². The third-order valence-electron chi connectivity index (χ3n) is 6.73. The molecule has 2 aromatic heterocycles. The summed E-state index contributed by atoms with van der Waals surface area (Å²) >= 11 is 0. The number of aromatic nitrogens is 3. The van der Waals surface area contributed by atoms with E-state index in [0.717, 1.165) is 47.0 Å². The lowest BCUT2D eigenvalue weighted by molar-refractivity contribution is 0.160. The van der Waals surface area contributed by atoms with E-state index in [2.05, 4.69) is 70.1 Å². The first-order valence-electron chi connectivity index (χ1n) is 12.3. The van der Waals surface area contributed by atoms with E-state index in [-0.39, 0.29) is 0 Å². The average molecular weight is 499 g/mol. The number of hydrogen-bond donors (Lipinski definition) is 0. The molecule has 9 heteroatoms. The first-order chi connectivity index (χ1) is 17.4. The number of fused-ring (bicyclic) bond motifs is 2. The van der Waals surface area contributed by atoms with E-state index in [4.69, 9.17) is 14.3 Å². The highest BCUT2D eigenvalue weighted by Crippen LogP contribution is 2.30. The van der Waals surface area contributed by atoms with Crippen LogP contribution in [0.15, 0.2) is 70.4 Å². The summed E-state index contributed by atoms with van der Waals surface area (Å²) < 4.78 is 13.7. The van der Waals surface area contributed by atoms with Crippen LogP contribution in [0.1, 0.15) is 11.3 Å². The highest BCUT2D eigenvalue weighted by Gasteiger charge is 2.31. The van der Waals surface area contributed by atoms with Crippen LogP contribution in [0.3, 0.4) is 0 Å². The van der Waals surface area contributed by atoms with Gasteiger partial charge in [0.15, 0.2) is 17.2 Å². The number of aryl methyl sites for hydroxylation is 1. The van der Waals surface area contributed by atoms with Crippen LogP contribution in [0.4, 0.5) is 5.69 Å². The van der Waals surface area contributed by atoms with Crippen LogP contribution in [0.5, 0.6) is 0 Å². The van der Waals surface area contributed by atoms with Crippen LogP contribution < -0.4 is 10.2 Å². The zero-order valence-electron chi connectivity index (χ0n) is 21.1. The number of benzene rings is 2. The van der Waals surface area contributed by atoms with E-state index in [9.17, 15) is 0 Å². The molecule has 2 aliphatic heterocycles. The number of anilines is 1. The molecule has 4 aromatic rings. The summed E-state index contributed by atoms with van der Waals surface area (Å²) in [4.78, 5) is 9.20. The van der Waals surface area contributed by atoms with Gasteiger partial charge in [-0.05, 0) is 36.8 Å². The molecule has 0 unspecified atom stereocenters. The van der Waals surface area contributed by atoms with E-state index in [1.54, 1.807) is 12.5 Å². The van der Waals surface area contributed by atoms with Gasteiger partial charge < -0.3 is 13.8 Å². The normalized spacial score (nSPS) is 17.3. The lowest BCUT2D eigenvalue weighted by Gasteiger charge is -2.44. The SMILES string of the molecule is Cc1cn(-c2ccc(/C=C3\OCCN4C3=NCCN4c3ccc([Si](C)(C)C)cc3)c3cnoc23)cn1. The van der Waals surface area contributed by atoms with Gasteiger partial charge in [0.25, 0.3) is 0 Å². The number of hydrogen-bond acceptors (Lipinski definition) is 7. The summed E-state index contributed by atoms with van der Waals surface area (Å²) in [6.07, 6.45) is 7.56. The number of hydrazine groups is 1. The lowest BCUT2D eigenvalue weighted by Crippen LogP contribution is -2.55. The Labute approximate surface area is 211 Å². The Morgan fingerprint density at radius 2 is 1.83 bits per heavy atom. The topological polar surface area (TPSA) is 71.9 Å². The summed E-state index contributed by atoms with van der Waals surface area (Å²) in [5.74, 6) is 1.62. The van der Waals surface area contributed by atoms with Gasteiger partial charge in [-0.3, -0.25) is 15.0 Å². The third kappa shape index (κ3) is 3.99. The molecule has 184 valence electrons. The van der Waals surface area contributed by atoms with Crippen LogP contribution >= 0.6 is 0 Å². The predicted octanol–water partition coefficient (Wildman–Crippen LogP) is 4.37. The van der Waals surface area contributed by atoms with Gasteiger partial charge in [0, 0.05) is 6.20 Å².